The molecule has 0 aliphatic carbocycles. The normalized spacial score (nSPS) is 10.3. The second-order valence-corrected chi connectivity index (χ2v) is 7.12. The van der Waals surface area contributed by atoms with Crippen molar-refractivity contribution in [1.29, 1.82) is 0 Å². The first kappa shape index (κ1) is 20.2. The van der Waals surface area contributed by atoms with Gasteiger partial charge < -0.3 is 20.5 Å². The van der Waals surface area contributed by atoms with Gasteiger partial charge in [0.15, 0.2) is 0 Å². The predicted molar refractivity (Wildman–Crippen MR) is 114 cm³/mol. The van der Waals surface area contributed by atoms with E-state index in [1.807, 2.05) is 48.5 Å². The molecule has 7 nitrogen and oxygen atoms in total. The number of urea groups is 1. The van der Waals surface area contributed by atoms with Crippen molar-refractivity contribution < 1.29 is 19.1 Å². The Bertz CT molecular complexity index is 1020. The van der Waals surface area contributed by atoms with Crippen molar-refractivity contribution in [1.82, 2.24) is 5.32 Å². The molecule has 0 saturated heterocycles. The Labute approximate surface area is 172 Å². The minimum absolute atomic E-state index is 0.284. The molecule has 4 N–H and O–H groups in total. The molecule has 0 spiro atoms. The van der Waals surface area contributed by atoms with Crippen molar-refractivity contribution in [2.24, 2.45) is 5.73 Å². The van der Waals surface area contributed by atoms with Gasteiger partial charge in [0.25, 0.3) is 5.91 Å². The predicted octanol–water partition coefficient (Wildman–Crippen LogP) is 3.85. The summed E-state index contributed by atoms with van der Waals surface area (Å²) >= 11 is 1.27. The van der Waals surface area contributed by atoms with E-state index in [4.69, 9.17) is 15.2 Å². The minimum Gasteiger partial charge on any atom is -0.497 e. The number of carbonyl (C=O) groups excluding carboxylic acids is 2. The molecule has 0 unspecified atom stereocenters. The maximum atomic E-state index is 12.8. The lowest BCUT2D eigenvalue weighted by molar-refractivity contribution is 0.0952. The van der Waals surface area contributed by atoms with Gasteiger partial charge in [-0.15, -0.1) is 11.3 Å². The summed E-state index contributed by atoms with van der Waals surface area (Å²) in [6.07, 6.45) is 0. The van der Waals surface area contributed by atoms with Crippen molar-refractivity contribution in [3.8, 4) is 21.9 Å². The third-order valence-electron chi connectivity index (χ3n) is 4.22. The molecule has 0 fully saturated rings. The van der Waals surface area contributed by atoms with Gasteiger partial charge in [-0.25, -0.2) is 4.79 Å². The summed E-state index contributed by atoms with van der Waals surface area (Å²) in [6.45, 7) is 0.284. The van der Waals surface area contributed by atoms with E-state index >= 15 is 0 Å². The molecule has 1 aromatic heterocycles. The molecule has 1 heterocycles. The Morgan fingerprint density at radius 1 is 1.03 bits per heavy atom. The zero-order valence-corrected chi connectivity index (χ0v) is 16.8. The van der Waals surface area contributed by atoms with Crippen LogP contribution in [0.2, 0.25) is 0 Å². The molecule has 3 amide bonds. The van der Waals surface area contributed by atoms with E-state index in [0.717, 1.165) is 21.8 Å². The van der Waals surface area contributed by atoms with E-state index in [0.29, 0.717) is 16.3 Å². The largest absolute Gasteiger partial charge is 0.497 e. The van der Waals surface area contributed by atoms with Crippen LogP contribution in [0.5, 0.6) is 11.5 Å². The van der Waals surface area contributed by atoms with Gasteiger partial charge in [0.1, 0.15) is 16.5 Å². The number of amides is 3. The summed E-state index contributed by atoms with van der Waals surface area (Å²) in [7, 11) is 3.18. The first-order valence-electron chi connectivity index (χ1n) is 8.76. The van der Waals surface area contributed by atoms with Gasteiger partial charge >= 0.3 is 6.03 Å². The van der Waals surface area contributed by atoms with Gasteiger partial charge in [0.2, 0.25) is 0 Å². The minimum atomic E-state index is -0.730. The number of rotatable bonds is 7. The van der Waals surface area contributed by atoms with Gasteiger partial charge in [-0.3, -0.25) is 10.1 Å². The van der Waals surface area contributed by atoms with Gasteiger partial charge in [-0.05, 0) is 42.0 Å². The Morgan fingerprint density at radius 2 is 1.76 bits per heavy atom. The zero-order valence-electron chi connectivity index (χ0n) is 16.0. The summed E-state index contributed by atoms with van der Waals surface area (Å²) in [6, 6.07) is 15.9. The second kappa shape index (κ2) is 9.11. The maximum Gasteiger partial charge on any atom is 0.317 e. The highest BCUT2D eigenvalue weighted by atomic mass is 32.1. The molecule has 0 bridgehead atoms. The molecule has 29 heavy (non-hydrogen) atoms. The van der Waals surface area contributed by atoms with E-state index in [2.05, 4.69) is 10.6 Å². The van der Waals surface area contributed by atoms with Crippen LogP contribution in [0.1, 0.15) is 15.9 Å². The fourth-order valence-electron chi connectivity index (χ4n) is 2.78. The van der Waals surface area contributed by atoms with Gasteiger partial charge in [0.05, 0.1) is 19.8 Å². The Kier molecular flexibility index (Phi) is 6.36. The molecule has 0 saturated carbocycles. The molecule has 0 atom stereocenters. The van der Waals surface area contributed by atoms with Gasteiger partial charge in [0, 0.05) is 17.0 Å². The first-order chi connectivity index (χ1) is 14.0. The van der Waals surface area contributed by atoms with Gasteiger partial charge in [-0.1, -0.05) is 18.2 Å². The van der Waals surface area contributed by atoms with E-state index in [1.165, 1.54) is 11.3 Å². The molecule has 0 aliphatic rings. The van der Waals surface area contributed by atoms with Crippen LogP contribution in [0.3, 0.4) is 0 Å². The topological polar surface area (TPSA) is 103 Å². The zero-order chi connectivity index (χ0) is 20.8. The van der Waals surface area contributed by atoms with Gasteiger partial charge in [-0.2, -0.15) is 0 Å². The molecule has 0 aliphatic heterocycles. The summed E-state index contributed by atoms with van der Waals surface area (Å²) < 4.78 is 10.5. The van der Waals surface area contributed by atoms with Crippen molar-refractivity contribution in [3.05, 3.63) is 65.7 Å². The molecule has 3 rings (SSSR count). The van der Waals surface area contributed by atoms with Crippen LogP contribution in [-0.4, -0.2) is 26.2 Å². The molecule has 2 aromatic carbocycles. The quantitative estimate of drug-likeness (QED) is 0.549. The van der Waals surface area contributed by atoms with Crippen LogP contribution >= 0.6 is 11.3 Å². The Morgan fingerprint density at radius 3 is 2.41 bits per heavy atom. The number of thiophene rings is 1. The Balaban J connectivity index is 1.84. The summed E-state index contributed by atoms with van der Waals surface area (Å²) in [5.41, 5.74) is 7.36. The van der Waals surface area contributed by atoms with Crippen molar-refractivity contribution in [2.75, 3.05) is 19.5 Å². The number of para-hydroxylation sites is 1. The lowest BCUT2D eigenvalue weighted by Crippen LogP contribution is -2.25. The third-order valence-corrected chi connectivity index (χ3v) is 5.32. The molecular formula is C21H21N3O4S. The monoisotopic (exact) mass is 411 g/mol. The second-order valence-electron chi connectivity index (χ2n) is 6.07. The van der Waals surface area contributed by atoms with Crippen LogP contribution < -0.4 is 25.8 Å². The SMILES string of the molecule is COc1ccc(-c2cc(C(=O)NCc3ccccc3OC)c(NC(N)=O)s2)cc1. The highest BCUT2D eigenvalue weighted by Gasteiger charge is 2.18. The summed E-state index contributed by atoms with van der Waals surface area (Å²) in [5, 5.41) is 5.79. The van der Waals surface area contributed by atoms with Crippen LogP contribution in [0.15, 0.2) is 54.6 Å². The van der Waals surface area contributed by atoms with Crippen molar-refractivity contribution >= 4 is 28.3 Å². The summed E-state index contributed by atoms with van der Waals surface area (Å²) in [4.78, 5) is 25.0. The van der Waals surface area contributed by atoms with Crippen molar-refractivity contribution in [2.45, 2.75) is 6.54 Å². The molecule has 8 heteroatoms. The van der Waals surface area contributed by atoms with Crippen LogP contribution in [0.25, 0.3) is 10.4 Å². The number of primary amides is 1. The number of ether oxygens (including phenoxy) is 2. The summed E-state index contributed by atoms with van der Waals surface area (Å²) in [5.74, 6) is 1.10. The van der Waals surface area contributed by atoms with E-state index in [-0.39, 0.29) is 12.5 Å². The lowest BCUT2D eigenvalue weighted by atomic mass is 10.1. The average molecular weight is 411 g/mol. The standard InChI is InChI=1S/C21H21N3O4S/c1-27-15-9-7-13(8-10-15)18-11-16(20(29-18)24-21(22)26)19(25)23-12-14-5-3-4-6-17(14)28-2/h3-11H,12H2,1-2H3,(H,23,25)(H3,22,24,26). The molecule has 0 radical (unpaired) electrons. The number of nitrogens with two attached hydrogens (primary N) is 1. The number of carbonyl (C=O) groups is 2. The van der Waals surface area contributed by atoms with Crippen molar-refractivity contribution in [3.63, 3.8) is 0 Å². The fourth-order valence-corrected chi connectivity index (χ4v) is 3.85. The molecule has 3 aromatic rings. The fraction of sp³-hybridized carbons (Fsp3) is 0.143. The van der Waals surface area contributed by atoms with Crippen LogP contribution in [0.4, 0.5) is 9.80 Å². The third kappa shape index (κ3) is 4.85. The number of benzene rings is 2. The van der Waals surface area contributed by atoms with E-state index in [9.17, 15) is 9.59 Å². The van der Waals surface area contributed by atoms with Crippen LogP contribution in [-0.2, 0) is 6.54 Å². The molecule has 150 valence electrons. The Hall–Kier alpha value is -3.52. The average Bonchev–Trinajstić information content (AvgIpc) is 3.15. The number of anilines is 1. The number of methoxy groups -OCH3 is 2. The number of hydrogen-bond acceptors (Lipinski definition) is 5. The van der Waals surface area contributed by atoms with E-state index < -0.39 is 6.03 Å². The first-order valence-corrected chi connectivity index (χ1v) is 9.58. The van der Waals surface area contributed by atoms with Crippen LogP contribution in [0, 0.1) is 0 Å². The highest BCUT2D eigenvalue weighted by molar-refractivity contribution is 7.20. The number of nitrogens with one attached hydrogen (secondary N) is 2. The lowest BCUT2D eigenvalue weighted by Gasteiger charge is -2.10. The maximum absolute atomic E-state index is 12.8. The molecular weight excluding hydrogens is 390 g/mol. The smallest absolute Gasteiger partial charge is 0.317 e. The van der Waals surface area contributed by atoms with E-state index in [1.54, 1.807) is 20.3 Å². The number of hydrogen-bond donors (Lipinski definition) is 3. The highest BCUT2D eigenvalue weighted by Crippen LogP contribution is 2.36.